The average molecular weight is 530 g/mol. The largest absolute Gasteiger partial charge is 0.295 e. The zero-order chi connectivity index (χ0) is 28.4. The fourth-order valence-electron chi connectivity index (χ4n) is 10.5. The molecule has 0 bridgehead atoms. The second-order valence-electron chi connectivity index (χ2n) is 15.5. The van der Waals surface area contributed by atoms with Gasteiger partial charge in [-0.15, -0.1) is 10.2 Å². The van der Waals surface area contributed by atoms with E-state index >= 15 is 0 Å². The number of rotatable bonds is 1. The highest BCUT2D eigenvalue weighted by Gasteiger charge is 2.70. The summed E-state index contributed by atoms with van der Waals surface area (Å²) in [7, 11) is 1.82. The highest BCUT2D eigenvalue weighted by molar-refractivity contribution is 6.04. The quantitative estimate of drug-likeness (QED) is 0.464. The lowest BCUT2D eigenvalue weighted by molar-refractivity contribution is -0.160. The van der Waals surface area contributed by atoms with E-state index in [4.69, 9.17) is 5.10 Å². The summed E-state index contributed by atoms with van der Waals surface area (Å²) in [5.41, 5.74) is -0.318. The van der Waals surface area contributed by atoms with E-state index in [2.05, 4.69) is 51.0 Å². The second kappa shape index (κ2) is 7.77. The van der Waals surface area contributed by atoms with Gasteiger partial charge in [0, 0.05) is 22.2 Å². The second-order valence-corrected chi connectivity index (χ2v) is 15.5. The van der Waals surface area contributed by atoms with Crippen LogP contribution in [0.2, 0.25) is 0 Å². The van der Waals surface area contributed by atoms with Crippen LogP contribution in [0.15, 0.2) is 23.3 Å². The molecule has 39 heavy (non-hydrogen) atoms. The van der Waals surface area contributed by atoms with Gasteiger partial charge in [-0.3, -0.25) is 9.59 Å². The number of hydrogen-bond donors (Lipinski definition) is 0. The Morgan fingerprint density at radius 2 is 1.69 bits per heavy atom. The Labute approximate surface area is 232 Å². The summed E-state index contributed by atoms with van der Waals surface area (Å²) in [4.78, 5) is 29.4. The molecule has 7 heteroatoms. The van der Waals surface area contributed by atoms with Crippen molar-refractivity contribution in [1.82, 2.24) is 20.2 Å². The van der Waals surface area contributed by atoms with Crippen molar-refractivity contribution in [3.63, 3.8) is 0 Å². The van der Waals surface area contributed by atoms with Crippen LogP contribution in [0.3, 0.4) is 0 Å². The van der Waals surface area contributed by atoms with Gasteiger partial charge in [-0.1, -0.05) is 60.1 Å². The topological polar surface area (TPSA) is 102 Å². The third-order valence-corrected chi connectivity index (χ3v) is 12.8. The summed E-state index contributed by atoms with van der Waals surface area (Å²) < 4.78 is 0. The highest BCUT2D eigenvalue weighted by atomic mass is 16.1. The number of allylic oxidation sites excluding steroid dienone is 4. The number of nitrogens with zero attached hydrogens (tertiary/aromatic N) is 5. The molecule has 0 radical (unpaired) electrons. The SMILES string of the molecule is Cn1nnc([C@]23CCC(C)(C)C[C@H]2[C@H]2C(=O)C=C4[C@@]5(C)C=C(C#N)C(=O)C(C)(C)[C@@H]5CC[C@@]4(C)[C@]2(C)CC3)n1. The first-order valence-corrected chi connectivity index (χ1v) is 14.7. The lowest BCUT2D eigenvalue weighted by atomic mass is 9.34. The number of hydrogen-bond acceptors (Lipinski definition) is 6. The van der Waals surface area contributed by atoms with Crippen molar-refractivity contribution in [3.05, 3.63) is 29.1 Å². The Morgan fingerprint density at radius 3 is 2.33 bits per heavy atom. The van der Waals surface area contributed by atoms with Crippen molar-refractivity contribution < 1.29 is 9.59 Å². The molecule has 0 spiro atoms. The van der Waals surface area contributed by atoms with Gasteiger partial charge in [-0.05, 0) is 84.3 Å². The zero-order valence-corrected chi connectivity index (χ0v) is 24.9. The number of fused-ring (bicyclic) bond motifs is 7. The summed E-state index contributed by atoms with van der Waals surface area (Å²) in [6, 6.07) is 2.20. The van der Waals surface area contributed by atoms with Crippen LogP contribution in [0, 0.1) is 56.2 Å². The number of aromatic nitrogens is 4. The summed E-state index contributed by atoms with van der Waals surface area (Å²) in [6.45, 7) is 15.6. The number of Topliss-reactive ketones (excluding diaryl/α,β-unsaturated/α-hetero) is 1. The minimum Gasteiger partial charge on any atom is -0.295 e. The summed E-state index contributed by atoms with van der Waals surface area (Å²) in [6.07, 6.45) is 10.6. The highest BCUT2D eigenvalue weighted by Crippen LogP contribution is 2.74. The molecular weight excluding hydrogens is 486 g/mol. The van der Waals surface area contributed by atoms with Crippen LogP contribution in [0.5, 0.6) is 0 Å². The van der Waals surface area contributed by atoms with Crippen molar-refractivity contribution in [2.75, 3.05) is 0 Å². The van der Waals surface area contributed by atoms with E-state index in [1.165, 1.54) is 0 Å². The molecule has 5 aliphatic rings. The van der Waals surface area contributed by atoms with E-state index in [9.17, 15) is 14.9 Å². The molecule has 3 fully saturated rings. The molecule has 0 aromatic carbocycles. The molecule has 1 aromatic heterocycles. The smallest absolute Gasteiger partial charge is 0.181 e. The predicted octanol–water partition coefficient (Wildman–Crippen LogP) is 5.68. The molecule has 0 N–H and O–H groups in total. The van der Waals surface area contributed by atoms with Crippen LogP contribution in [-0.2, 0) is 22.1 Å². The summed E-state index contributed by atoms with van der Waals surface area (Å²) in [5.74, 6) is 1.04. The van der Waals surface area contributed by atoms with Crippen molar-refractivity contribution in [3.8, 4) is 6.07 Å². The Kier molecular flexibility index (Phi) is 5.30. The van der Waals surface area contributed by atoms with Crippen molar-refractivity contribution in [1.29, 1.82) is 5.26 Å². The van der Waals surface area contributed by atoms with Crippen LogP contribution in [-0.4, -0.2) is 31.8 Å². The molecule has 7 nitrogen and oxygen atoms in total. The fraction of sp³-hybridized carbons (Fsp3) is 0.750. The minimum absolute atomic E-state index is 0.0574. The monoisotopic (exact) mass is 529 g/mol. The fourth-order valence-corrected chi connectivity index (χ4v) is 10.5. The Hall–Kier alpha value is -2.62. The lowest BCUT2D eigenvalue weighted by Crippen LogP contribution is -2.65. The molecule has 208 valence electrons. The maximum Gasteiger partial charge on any atom is 0.181 e. The average Bonchev–Trinajstić information content (AvgIpc) is 3.29. The maximum absolute atomic E-state index is 14.6. The first-order valence-electron chi connectivity index (χ1n) is 14.7. The van der Waals surface area contributed by atoms with Gasteiger partial charge in [0.15, 0.2) is 17.4 Å². The van der Waals surface area contributed by atoms with Gasteiger partial charge in [0.05, 0.1) is 12.6 Å². The van der Waals surface area contributed by atoms with Gasteiger partial charge in [0.25, 0.3) is 0 Å². The molecule has 5 aliphatic carbocycles. The van der Waals surface area contributed by atoms with E-state index in [1.54, 1.807) is 4.80 Å². The number of ketones is 2. The van der Waals surface area contributed by atoms with Crippen LogP contribution in [0.1, 0.15) is 99.2 Å². The van der Waals surface area contributed by atoms with E-state index < -0.39 is 10.8 Å². The molecule has 0 aliphatic heterocycles. The third kappa shape index (κ3) is 3.18. The van der Waals surface area contributed by atoms with Crippen molar-refractivity contribution >= 4 is 11.6 Å². The van der Waals surface area contributed by atoms with E-state index in [1.807, 2.05) is 33.0 Å². The number of tetrazole rings is 1. The van der Waals surface area contributed by atoms with E-state index in [-0.39, 0.29) is 56.6 Å². The van der Waals surface area contributed by atoms with Crippen LogP contribution in [0.4, 0.5) is 0 Å². The molecule has 0 saturated heterocycles. The van der Waals surface area contributed by atoms with Crippen molar-refractivity contribution in [2.45, 2.75) is 98.8 Å². The predicted molar refractivity (Wildman–Crippen MR) is 147 cm³/mol. The molecular formula is C32H43N5O2. The third-order valence-electron chi connectivity index (χ3n) is 12.8. The van der Waals surface area contributed by atoms with Gasteiger partial charge in [0.1, 0.15) is 6.07 Å². The van der Waals surface area contributed by atoms with E-state index in [0.29, 0.717) is 0 Å². The number of aryl methyl sites for hydroxylation is 1. The van der Waals surface area contributed by atoms with Crippen molar-refractivity contribution in [2.24, 2.45) is 51.9 Å². The first-order chi connectivity index (χ1) is 18.1. The Balaban J connectivity index is 1.54. The normalized spacial score (nSPS) is 44.1. The number of nitriles is 1. The number of carbonyl (C=O) groups is 2. The molecule has 0 unspecified atom stereocenters. The van der Waals surface area contributed by atoms with Gasteiger partial charge in [-0.25, -0.2) is 0 Å². The van der Waals surface area contributed by atoms with Gasteiger partial charge in [-0.2, -0.15) is 10.1 Å². The van der Waals surface area contributed by atoms with Crippen LogP contribution >= 0.6 is 0 Å². The molecule has 7 atom stereocenters. The van der Waals surface area contributed by atoms with Crippen LogP contribution in [0.25, 0.3) is 0 Å². The van der Waals surface area contributed by atoms with Gasteiger partial charge in [0.2, 0.25) is 0 Å². The van der Waals surface area contributed by atoms with Crippen LogP contribution < -0.4 is 0 Å². The van der Waals surface area contributed by atoms with Gasteiger partial charge < -0.3 is 0 Å². The maximum atomic E-state index is 14.6. The number of carbonyl (C=O) groups excluding carboxylic acids is 2. The Bertz CT molecular complexity index is 1390. The van der Waals surface area contributed by atoms with E-state index in [0.717, 1.165) is 56.3 Å². The lowest BCUT2D eigenvalue weighted by Gasteiger charge is -2.69. The van der Waals surface area contributed by atoms with Gasteiger partial charge >= 0.3 is 0 Å². The molecule has 3 saturated carbocycles. The molecule has 6 rings (SSSR count). The minimum atomic E-state index is -0.649. The first kappa shape index (κ1) is 26.6. The Morgan fingerprint density at radius 1 is 1.00 bits per heavy atom. The summed E-state index contributed by atoms with van der Waals surface area (Å²) in [5, 5.41) is 23.4. The molecule has 0 amide bonds. The molecule has 1 heterocycles. The molecule has 1 aromatic rings. The zero-order valence-electron chi connectivity index (χ0n) is 24.9. The standard InChI is InChI=1S/C32H43N5O2/c1-27(2)11-13-32(26-34-36-37(8)35-26)14-12-31(7)24(20(32)17-27)21(38)15-23-29(5)16-19(18-33)25(39)28(3,4)22(29)9-10-30(23,31)6/h15-16,20,22,24H,9-14,17H2,1-8H3/t20-,22-,24-,29-,30+,31+,32-/m0/s1. The summed E-state index contributed by atoms with van der Waals surface area (Å²) >= 11 is 0.